The summed E-state index contributed by atoms with van der Waals surface area (Å²) in [6.07, 6.45) is 7.05. The number of carbonyl (C=O) groups excluding carboxylic acids is 1. The van der Waals surface area contributed by atoms with E-state index in [-0.39, 0.29) is 28.5 Å². The van der Waals surface area contributed by atoms with Crippen LogP contribution in [0.2, 0.25) is 5.02 Å². The maximum atomic E-state index is 13.9. The molecule has 1 aliphatic heterocycles. The Hall–Kier alpha value is -4.78. The first-order valence-electron chi connectivity index (χ1n) is 13.1. The Morgan fingerprint density at radius 2 is 2.00 bits per heavy atom. The smallest absolute Gasteiger partial charge is 0.333 e. The number of aromatic nitrogens is 7. The predicted molar refractivity (Wildman–Crippen MR) is 148 cm³/mol. The van der Waals surface area contributed by atoms with Gasteiger partial charge in [0.05, 0.1) is 29.5 Å². The van der Waals surface area contributed by atoms with E-state index in [1.54, 1.807) is 37.3 Å². The number of nitrogens with one attached hydrogen (secondary N) is 1. The summed E-state index contributed by atoms with van der Waals surface area (Å²) in [5, 5.41) is 18.2. The third-order valence-electron chi connectivity index (χ3n) is 7.28. The van der Waals surface area contributed by atoms with Crippen molar-refractivity contribution in [2.24, 2.45) is 5.92 Å². The van der Waals surface area contributed by atoms with Crippen LogP contribution in [0.15, 0.2) is 70.6 Å². The van der Waals surface area contributed by atoms with Crippen molar-refractivity contribution in [2.45, 2.75) is 38.7 Å². The molecule has 2 bridgehead atoms. The molecule has 0 radical (unpaired) electrons. The van der Waals surface area contributed by atoms with Crippen molar-refractivity contribution in [3.8, 4) is 28.3 Å². The normalized spacial score (nSPS) is 17.3. The fourth-order valence-electron chi connectivity index (χ4n) is 5.15. The molecule has 5 aromatic rings. The molecule has 42 heavy (non-hydrogen) atoms. The van der Waals surface area contributed by atoms with Crippen LogP contribution in [0.5, 0.6) is 0 Å². The highest BCUT2D eigenvalue weighted by Gasteiger charge is 2.27. The average molecular weight is 593 g/mol. The van der Waals surface area contributed by atoms with Gasteiger partial charge < -0.3 is 9.73 Å². The van der Waals surface area contributed by atoms with Crippen LogP contribution in [0.4, 0.5) is 14.5 Å². The molecule has 6 rings (SSSR count). The highest BCUT2D eigenvalue weighted by atomic mass is 35.5. The molecule has 0 spiro atoms. The zero-order chi connectivity index (χ0) is 29.4. The van der Waals surface area contributed by atoms with E-state index < -0.39 is 18.4 Å². The minimum Gasteiger partial charge on any atom is -0.464 e. The van der Waals surface area contributed by atoms with Crippen LogP contribution >= 0.6 is 11.6 Å². The van der Waals surface area contributed by atoms with Crippen molar-refractivity contribution < 1.29 is 18.0 Å². The molecule has 11 nitrogen and oxygen atoms in total. The molecule has 1 aromatic carbocycles. The summed E-state index contributed by atoms with van der Waals surface area (Å²) >= 11 is 6.26. The summed E-state index contributed by atoms with van der Waals surface area (Å²) in [5.41, 5.74) is 2.18. The number of fused-ring (bicyclic) bond motifs is 4. The Bertz CT molecular complexity index is 1820. The zero-order valence-corrected chi connectivity index (χ0v) is 22.9. The lowest BCUT2D eigenvalue weighted by Crippen LogP contribution is -2.22. The lowest BCUT2D eigenvalue weighted by molar-refractivity contribution is -0.119. The number of alkyl halides is 2. The van der Waals surface area contributed by atoms with Crippen molar-refractivity contribution in [3.63, 3.8) is 0 Å². The number of halogens is 3. The second-order valence-electron chi connectivity index (χ2n) is 9.95. The molecule has 0 aliphatic carbocycles. The van der Waals surface area contributed by atoms with Crippen LogP contribution in [-0.4, -0.2) is 40.9 Å². The standard InChI is InChI=1S/C28H23ClF2N8O3/c1-15-3-2-4-18(21-9-16(7-8-32-21)26-22(35-27(15)41)12-34-39(26)28(30)31)20-13-42-25(11-24(20)40)19-10-17(29)5-6-23(19)38-14-33-36-37-38/h5-15,18,28H,2-4H2,1H3,(H,35,41)/t15-,18-/m1/s1. The van der Waals surface area contributed by atoms with Gasteiger partial charge in [0, 0.05) is 51.5 Å². The number of anilines is 1. The van der Waals surface area contributed by atoms with E-state index >= 15 is 0 Å². The summed E-state index contributed by atoms with van der Waals surface area (Å²) in [4.78, 5) is 31.0. The lowest BCUT2D eigenvalue weighted by Gasteiger charge is -2.20. The summed E-state index contributed by atoms with van der Waals surface area (Å²) in [7, 11) is 0. The van der Waals surface area contributed by atoms with Crippen LogP contribution in [-0.2, 0) is 4.79 Å². The Morgan fingerprint density at radius 1 is 1.14 bits per heavy atom. The number of pyridine rings is 1. The molecule has 4 aromatic heterocycles. The van der Waals surface area contributed by atoms with Gasteiger partial charge in [0.15, 0.2) is 5.43 Å². The molecule has 1 amide bonds. The Kier molecular flexibility index (Phi) is 7.33. The number of tetrazole rings is 1. The minimum absolute atomic E-state index is 0.0481. The average Bonchev–Trinajstić information content (AvgIpc) is 3.66. The van der Waals surface area contributed by atoms with Gasteiger partial charge in [0.25, 0.3) is 0 Å². The first-order valence-corrected chi connectivity index (χ1v) is 13.5. The van der Waals surface area contributed by atoms with E-state index in [4.69, 9.17) is 16.0 Å². The van der Waals surface area contributed by atoms with Gasteiger partial charge in [-0.1, -0.05) is 24.9 Å². The molecule has 2 atom stereocenters. The van der Waals surface area contributed by atoms with E-state index in [2.05, 4.69) is 30.9 Å². The molecule has 14 heteroatoms. The van der Waals surface area contributed by atoms with Crippen molar-refractivity contribution in [3.05, 3.63) is 87.9 Å². The molecule has 0 saturated heterocycles. The third kappa shape index (κ3) is 5.18. The topological polar surface area (TPSA) is 134 Å². The Morgan fingerprint density at radius 3 is 2.76 bits per heavy atom. The number of benzene rings is 1. The van der Waals surface area contributed by atoms with E-state index in [1.165, 1.54) is 35.7 Å². The van der Waals surface area contributed by atoms with Gasteiger partial charge in [-0.3, -0.25) is 14.6 Å². The van der Waals surface area contributed by atoms with E-state index in [0.29, 0.717) is 57.0 Å². The van der Waals surface area contributed by atoms with Crippen LogP contribution in [0.3, 0.4) is 0 Å². The van der Waals surface area contributed by atoms with E-state index in [9.17, 15) is 18.4 Å². The highest BCUT2D eigenvalue weighted by Crippen LogP contribution is 2.36. The minimum atomic E-state index is -2.94. The first kappa shape index (κ1) is 27.4. The van der Waals surface area contributed by atoms with Gasteiger partial charge in [-0.15, -0.1) is 5.10 Å². The third-order valence-corrected chi connectivity index (χ3v) is 7.52. The summed E-state index contributed by atoms with van der Waals surface area (Å²) in [6.45, 7) is -1.17. The molecule has 214 valence electrons. The molecule has 1 aliphatic rings. The highest BCUT2D eigenvalue weighted by molar-refractivity contribution is 6.31. The van der Waals surface area contributed by atoms with Gasteiger partial charge in [-0.2, -0.15) is 18.6 Å². The number of amides is 1. The van der Waals surface area contributed by atoms with Gasteiger partial charge >= 0.3 is 6.55 Å². The maximum Gasteiger partial charge on any atom is 0.333 e. The molecule has 0 fully saturated rings. The van der Waals surface area contributed by atoms with Crippen LogP contribution in [0.25, 0.3) is 28.3 Å². The van der Waals surface area contributed by atoms with Gasteiger partial charge in [0.2, 0.25) is 5.91 Å². The predicted octanol–water partition coefficient (Wildman–Crippen LogP) is 5.48. The second kappa shape index (κ2) is 11.2. The monoisotopic (exact) mass is 592 g/mol. The summed E-state index contributed by atoms with van der Waals surface area (Å²) in [6, 6.07) is 9.60. The quantitative estimate of drug-likeness (QED) is 0.290. The fourth-order valence-corrected chi connectivity index (χ4v) is 5.32. The number of hydrogen-bond donors (Lipinski definition) is 1. The number of nitrogens with zero attached hydrogens (tertiary/aromatic N) is 7. The molecule has 1 N–H and O–H groups in total. The molecular weight excluding hydrogens is 570 g/mol. The molecular formula is C28H23ClF2N8O3. The molecule has 0 unspecified atom stereocenters. The van der Waals surface area contributed by atoms with Gasteiger partial charge in [-0.25, -0.2) is 4.68 Å². The van der Waals surface area contributed by atoms with E-state index in [0.717, 1.165) is 0 Å². The van der Waals surface area contributed by atoms with Crippen LogP contribution < -0.4 is 10.7 Å². The van der Waals surface area contributed by atoms with Crippen LogP contribution in [0.1, 0.15) is 49.9 Å². The maximum absolute atomic E-state index is 13.9. The number of carbonyl (C=O) groups is 1. The SMILES string of the molecule is C[C@@H]1CCC[C@H](c2coc(-c3cc(Cl)ccc3-n3cnnn3)cc2=O)c2cc(ccn2)-c2c(cnn2C(F)F)NC1=O. The lowest BCUT2D eigenvalue weighted by atomic mass is 9.88. The van der Waals surface area contributed by atoms with Crippen molar-refractivity contribution in [2.75, 3.05) is 5.32 Å². The Balaban J connectivity index is 1.45. The first-order chi connectivity index (χ1) is 20.3. The van der Waals surface area contributed by atoms with E-state index in [1.807, 2.05) is 0 Å². The fraction of sp³-hybridized carbons (Fsp3) is 0.250. The van der Waals surface area contributed by atoms with Gasteiger partial charge in [0.1, 0.15) is 12.1 Å². The largest absolute Gasteiger partial charge is 0.464 e. The van der Waals surface area contributed by atoms with Crippen molar-refractivity contribution in [1.82, 2.24) is 35.0 Å². The van der Waals surface area contributed by atoms with Crippen molar-refractivity contribution in [1.29, 1.82) is 0 Å². The molecule has 0 saturated carbocycles. The summed E-state index contributed by atoms with van der Waals surface area (Å²) in [5.74, 6) is -0.997. The second-order valence-corrected chi connectivity index (χ2v) is 10.4. The Labute approximate surface area is 242 Å². The zero-order valence-electron chi connectivity index (χ0n) is 22.1. The molecule has 5 heterocycles. The van der Waals surface area contributed by atoms with Crippen molar-refractivity contribution >= 4 is 23.2 Å². The number of hydrogen-bond acceptors (Lipinski definition) is 8. The summed E-state index contributed by atoms with van der Waals surface area (Å²) < 4.78 is 35.8. The van der Waals surface area contributed by atoms with Gasteiger partial charge in [-0.05, 0) is 53.6 Å². The number of rotatable bonds is 4. The van der Waals surface area contributed by atoms with Crippen LogP contribution in [0, 0.1) is 5.92 Å².